The fourth-order valence-electron chi connectivity index (χ4n) is 3.55. The Morgan fingerprint density at radius 2 is 2.05 bits per heavy atom. The van der Waals surface area contributed by atoms with E-state index >= 15 is 0 Å². The molecule has 1 rings (SSSR count). The smallest absolute Gasteiger partial charge is 0.309 e. The lowest BCUT2D eigenvalue weighted by atomic mass is 9.80. The summed E-state index contributed by atoms with van der Waals surface area (Å²) in [6, 6.07) is -0.275. The van der Waals surface area contributed by atoms with Gasteiger partial charge in [0.1, 0.15) is 0 Å². The monoisotopic (exact) mass is 314 g/mol. The van der Waals surface area contributed by atoms with Gasteiger partial charge in [-0.1, -0.05) is 26.7 Å². The topological polar surface area (TPSA) is 113 Å². The van der Waals surface area contributed by atoms with Crippen LogP contribution in [-0.2, 0) is 9.59 Å². The van der Waals surface area contributed by atoms with E-state index in [1.54, 1.807) is 0 Å². The SMILES string of the molecule is CCCC(C[C@@H]1[C@@H](O)[C@H](C(=O)O)C[C@@H]1N)C(C)CNC(C)=O. The van der Waals surface area contributed by atoms with Gasteiger partial charge in [0.15, 0.2) is 0 Å². The van der Waals surface area contributed by atoms with Crippen molar-refractivity contribution >= 4 is 11.9 Å². The molecule has 1 fully saturated rings. The van der Waals surface area contributed by atoms with Gasteiger partial charge in [-0.05, 0) is 24.7 Å². The normalized spacial score (nSPS) is 30.8. The van der Waals surface area contributed by atoms with Crippen LogP contribution in [0.4, 0.5) is 0 Å². The van der Waals surface area contributed by atoms with Gasteiger partial charge < -0.3 is 21.3 Å². The van der Waals surface area contributed by atoms with Crippen LogP contribution in [0.2, 0.25) is 0 Å². The van der Waals surface area contributed by atoms with Crippen LogP contribution in [0.5, 0.6) is 0 Å². The summed E-state index contributed by atoms with van der Waals surface area (Å²) in [5.41, 5.74) is 6.07. The molecule has 1 aliphatic rings. The number of carbonyl (C=O) groups excluding carboxylic acids is 1. The van der Waals surface area contributed by atoms with Crippen molar-refractivity contribution < 1.29 is 19.8 Å². The third-order valence-electron chi connectivity index (χ3n) is 4.96. The lowest BCUT2D eigenvalue weighted by Gasteiger charge is -2.29. The van der Waals surface area contributed by atoms with Crippen molar-refractivity contribution in [3.63, 3.8) is 0 Å². The Balaban J connectivity index is 2.69. The van der Waals surface area contributed by atoms with Gasteiger partial charge in [0, 0.05) is 25.4 Å². The van der Waals surface area contributed by atoms with Gasteiger partial charge in [-0.25, -0.2) is 0 Å². The number of nitrogens with two attached hydrogens (primary N) is 1. The number of nitrogens with one attached hydrogen (secondary N) is 1. The van der Waals surface area contributed by atoms with E-state index in [9.17, 15) is 14.7 Å². The van der Waals surface area contributed by atoms with Crippen molar-refractivity contribution in [1.82, 2.24) is 5.32 Å². The quantitative estimate of drug-likeness (QED) is 0.533. The first-order valence-electron chi connectivity index (χ1n) is 8.18. The minimum Gasteiger partial charge on any atom is -0.481 e. The second-order valence-electron chi connectivity index (χ2n) is 6.70. The highest BCUT2D eigenvalue weighted by Gasteiger charge is 2.45. The van der Waals surface area contributed by atoms with Gasteiger partial charge in [-0.15, -0.1) is 0 Å². The molecule has 1 saturated carbocycles. The number of rotatable bonds is 8. The van der Waals surface area contributed by atoms with Crippen molar-refractivity contribution in [1.29, 1.82) is 0 Å². The molecule has 6 nitrogen and oxygen atoms in total. The summed E-state index contributed by atoms with van der Waals surface area (Å²) >= 11 is 0. The molecule has 1 amide bonds. The van der Waals surface area contributed by atoms with Crippen LogP contribution in [-0.4, -0.2) is 40.8 Å². The van der Waals surface area contributed by atoms with Gasteiger partial charge in [-0.3, -0.25) is 9.59 Å². The molecule has 0 aromatic rings. The zero-order valence-corrected chi connectivity index (χ0v) is 13.8. The van der Waals surface area contributed by atoms with Gasteiger partial charge in [0.2, 0.25) is 5.91 Å². The molecule has 0 spiro atoms. The summed E-state index contributed by atoms with van der Waals surface area (Å²) in [7, 11) is 0. The predicted molar refractivity (Wildman–Crippen MR) is 84.1 cm³/mol. The van der Waals surface area contributed by atoms with Crippen LogP contribution in [0, 0.1) is 23.7 Å². The Morgan fingerprint density at radius 3 is 2.50 bits per heavy atom. The molecular weight excluding hydrogens is 284 g/mol. The van der Waals surface area contributed by atoms with Crippen LogP contribution in [0.1, 0.15) is 46.5 Å². The molecule has 5 N–H and O–H groups in total. The zero-order valence-electron chi connectivity index (χ0n) is 13.8. The van der Waals surface area contributed by atoms with Crippen molar-refractivity contribution in [3.05, 3.63) is 0 Å². The maximum atomic E-state index is 11.2. The number of carboxylic acids is 1. The second-order valence-corrected chi connectivity index (χ2v) is 6.70. The van der Waals surface area contributed by atoms with Crippen LogP contribution >= 0.6 is 0 Å². The predicted octanol–water partition coefficient (Wildman–Crippen LogP) is 0.974. The second kappa shape index (κ2) is 8.48. The maximum absolute atomic E-state index is 11.2. The standard InChI is InChI=1S/C16H30N2O4/c1-4-5-11(9(2)8-18-10(3)19)6-12-14(17)7-13(15(12)20)16(21)22/h9,11-15,20H,4-8,17H2,1-3H3,(H,18,19)(H,21,22)/t9?,11?,12-,13+,14-,15+/m0/s1. The van der Waals surface area contributed by atoms with Crippen molar-refractivity contribution in [2.45, 2.75) is 58.6 Å². The molecule has 0 radical (unpaired) electrons. The summed E-state index contributed by atoms with van der Waals surface area (Å²) in [5.74, 6) is -1.37. The fourth-order valence-corrected chi connectivity index (χ4v) is 3.55. The summed E-state index contributed by atoms with van der Waals surface area (Å²) in [5, 5.41) is 22.3. The summed E-state index contributed by atoms with van der Waals surface area (Å²) in [4.78, 5) is 22.2. The van der Waals surface area contributed by atoms with Gasteiger partial charge >= 0.3 is 5.97 Å². The Kier molecular flexibility index (Phi) is 7.29. The first kappa shape index (κ1) is 18.9. The number of aliphatic hydroxyl groups excluding tert-OH is 1. The molecule has 0 aromatic carbocycles. The zero-order chi connectivity index (χ0) is 16.9. The fraction of sp³-hybridized carbons (Fsp3) is 0.875. The van der Waals surface area contributed by atoms with E-state index < -0.39 is 18.0 Å². The third-order valence-corrected chi connectivity index (χ3v) is 4.96. The molecule has 0 aliphatic heterocycles. The van der Waals surface area contributed by atoms with Crippen molar-refractivity contribution in [2.24, 2.45) is 29.4 Å². The summed E-state index contributed by atoms with van der Waals surface area (Å²) < 4.78 is 0. The van der Waals surface area contributed by atoms with E-state index in [0.717, 1.165) is 12.8 Å². The average Bonchev–Trinajstić information content (AvgIpc) is 2.72. The Labute approximate surface area is 132 Å². The number of aliphatic hydroxyl groups is 1. The summed E-state index contributed by atoms with van der Waals surface area (Å²) in [6.07, 6.45) is 2.16. The highest BCUT2D eigenvalue weighted by atomic mass is 16.4. The van der Waals surface area contributed by atoms with E-state index in [2.05, 4.69) is 19.2 Å². The number of carboxylic acid groups (broad SMARTS) is 1. The van der Waals surface area contributed by atoms with E-state index in [-0.39, 0.29) is 23.8 Å². The van der Waals surface area contributed by atoms with Gasteiger partial charge in [-0.2, -0.15) is 0 Å². The molecule has 0 aromatic heterocycles. The van der Waals surface area contributed by atoms with Crippen LogP contribution in [0.15, 0.2) is 0 Å². The lowest BCUT2D eigenvalue weighted by Crippen LogP contribution is -2.36. The minimum absolute atomic E-state index is 0.0503. The first-order chi connectivity index (χ1) is 10.3. The highest BCUT2D eigenvalue weighted by Crippen LogP contribution is 2.37. The number of aliphatic carboxylic acids is 1. The number of hydrogen-bond acceptors (Lipinski definition) is 4. The van der Waals surface area contributed by atoms with Gasteiger partial charge in [0.05, 0.1) is 12.0 Å². The van der Waals surface area contributed by atoms with Gasteiger partial charge in [0.25, 0.3) is 0 Å². The van der Waals surface area contributed by atoms with E-state index in [0.29, 0.717) is 25.3 Å². The van der Waals surface area contributed by atoms with E-state index in [1.165, 1.54) is 6.92 Å². The van der Waals surface area contributed by atoms with E-state index in [1.807, 2.05) is 0 Å². The Bertz CT molecular complexity index is 388. The molecule has 0 heterocycles. The molecule has 0 bridgehead atoms. The van der Waals surface area contributed by atoms with Crippen molar-refractivity contribution in [3.8, 4) is 0 Å². The Hall–Kier alpha value is -1.14. The van der Waals surface area contributed by atoms with Crippen LogP contribution in [0.3, 0.4) is 0 Å². The number of carbonyl (C=O) groups is 2. The molecule has 6 atom stereocenters. The minimum atomic E-state index is -0.969. The lowest BCUT2D eigenvalue weighted by molar-refractivity contribution is -0.145. The third kappa shape index (κ3) is 4.95. The van der Waals surface area contributed by atoms with Crippen molar-refractivity contribution in [2.75, 3.05) is 6.54 Å². The number of hydrogen-bond donors (Lipinski definition) is 4. The first-order valence-corrected chi connectivity index (χ1v) is 8.18. The maximum Gasteiger partial charge on any atom is 0.309 e. The molecule has 1 aliphatic carbocycles. The molecule has 2 unspecified atom stereocenters. The molecule has 6 heteroatoms. The summed E-state index contributed by atoms with van der Waals surface area (Å²) in [6.45, 7) is 6.27. The average molecular weight is 314 g/mol. The highest BCUT2D eigenvalue weighted by molar-refractivity contribution is 5.72. The molecule has 22 heavy (non-hydrogen) atoms. The molecule has 0 saturated heterocycles. The largest absolute Gasteiger partial charge is 0.481 e. The number of amides is 1. The van der Waals surface area contributed by atoms with Crippen LogP contribution < -0.4 is 11.1 Å². The van der Waals surface area contributed by atoms with E-state index in [4.69, 9.17) is 10.8 Å². The molecular formula is C16H30N2O4. The molecule has 128 valence electrons. The van der Waals surface area contributed by atoms with Crippen LogP contribution in [0.25, 0.3) is 0 Å². The Morgan fingerprint density at radius 1 is 1.41 bits per heavy atom.